The SMILES string of the molecule is CCCCCCC/C=C\C/C=C\C/C=C\CCCCCCCCCCC(=O)OCC(COC(=O)CCCCCCCCCCC/C=C\CCCCCCCC)OC(=O)CCCCCCCCCCCCCCCCCCCCCCCCC. The van der Waals surface area contributed by atoms with Crippen molar-refractivity contribution >= 4 is 17.9 Å². The van der Waals surface area contributed by atoms with Crippen LogP contribution in [0.5, 0.6) is 0 Å². The van der Waals surface area contributed by atoms with E-state index in [4.69, 9.17) is 14.2 Å². The van der Waals surface area contributed by atoms with Crippen molar-refractivity contribution in [3.8, 4) is 0 Å². The van der Waals surface area contributed by atoms with Gasteiger partial charge in [-0.05, 0) is 83.5 Å². The highest BCUT2D eigenvalue weighted by molar-refractivity contribution is 5.71. The molecule has 0 rings (SSSR count). The van der Waals surface area contributed by atoms with E-state index >= 15 is 0 Å². The van der Waals surface area contributed by atoms with E-state index in [9.17, 15) is 14.4 Å². The van der Waals surface area contributed by atoms with Crippen LogP contribution in [0.15, 0.2) is 48.6 Å². The first-order valence-electron chi connectivity index (χ1n) is 37.1. The maximum absolute atomic E-state index is 13.0. The van der Waals surface area contributed by atoms with E-state index < -0.39 is 6.10 Å². The third kappa shape index (κ3) is 70.0. The molecule has 0 aromatic carbocycles. The van der Waals surface area contributed by atoms with E-state index in [1.165, 1.54) is 289 Å². The van der Waals surface area contributed by atoms with Crippen LogP contribution in [0, 0.1) is 0 Å². The third-order valence-corrected chi connectivity index (χ3v) is 16.8. The molecule has 0 heterocycles. The van der Waals surface area contributed by atoms with Crippen LogP contribution >= 0.6 is 0 Å². The minimum Gasteiger partial charge on any atom is -0.462 e. The highest BCUT2D eigenvalue weighted by atomic mass is 16.6. The molecule has 0 fully saturated rings. The van der Waals surface area contributed by atoms with Gasteiger partial charge in [-0.25, -0.2) is 0 Å². The lowest BCUT2D eigenvalue weighted by molar-refractivity contribution is -0.167. The van der Waals surface area contributed by atoms with Crippen LogP contribution in [0.1, 0.15) is 406 Å². The van der Waals surface area contributed by atoms with Crippen molar-refractivity contribution in [2.24, 2.45) is 0 Å². The van der Waals surface area contributed by atoms with Gasteiger partial charge in [0.05, 0.1) is 0 Å². The van der Waals surface area contributed by atoms with Crippen molar-refractivity contribution in [2.45, 2.75) is 412 Å². The van der Waals surface area contributed by atoms with Gasteiger partial charge in [0.1, 0.15) is 13.2 Å². The molecule has 486 valence electrons. The molecule has 0 aliphatic carbocycles. The lowest BCUT2D eigenvalue weighted by Gasteiger charge is -2.18. The fourth-order valence-electron chi connectivity index (χ4n) is 11.2. The average molecular weight is 1160 g/mol. The summed E-state index contributed by atoms with van der Waals surface area (Å²) in [5.74, 6) is -0.851. The Kier molecular flexibility index (Phi) is 69.6. The van der Waals surface area contributed by atoms with Gasteiger partial charge in [-0.15, -0.1) is 0 Å². The number of hydrogen-bond donors (Lipinski definition) is 0. The first-order chi connectivity index (χ1) is 41.0. The molecule has 0 N–H and O–H groups in total. The number of allylic oxidation sites excluding steroid dienone is 8. The molecular formula is C77H142O6. The van der Waals surface area contributed by atoms with E-state index in [1.54, 1.807) is 0 Å². The largest absolute Gasteiger partial charge is 0.462 e. The van der Waals surface area contributed by atoms with Crippen LogP contribution in [0.2, 0.25) is 0 Å². The van der Waals surface area contributed by atoms with Crippen LogP contribution in [0.4, 0.5) is 0 Å². The molecular weight excluding hydrogens is 1020 g/mol. The second kappa shape index (κ2) is 71.8. The summed E-state index contributed by atoms with van der Waals surface area (Å²) in [5.41, 5.74) is 0. The molecule has 6 heteroatoms. The van der Waals surface area contributed by atoms with Gasteiger partial charge in [-0.1, -0.05) is 352 Å². The summed E-state index contributed by atoms with van der Waals surface area (Å²) >= 11 is 0. The highest BCUT2D eigenvalue weighted by Gasteiger charge is 2.19. The fourth-order valence-corrected chi connectivity index (χ4v) is 11.2. The summed E-state index contributed by atoms with van der Waals surface area (Å²) in [4.78, 5) is 38.6. The maximum Gasteiger partial charge on any atom is 0.306 e. The summed E-state index contributed by atoms with van der Waals surface area (Å²) in [5, 5.41) is 0. The summed E-state index contributed by atoms with van der Waals surface area (Å²) in [6.07, 6.45) is 91.4. The second-order valence-electron chi connectivity index (χ2n) is 25.2. The number of carbonyl (C=O) groups excluding carboxylic acids is 3. The van der Waals surface area contributed by atoms with Crippen LogP contribution in [-0.4, -0.2) is 37.2 Å². The van der Waals surface area contributed by atoms with E-state index in [0.29, 0.717) is 19.3 Å². The Morgan fingerprint density at radius 2 is 0.434 bits per heavy atom. The van der Waals surface area contributed by atoms with Gasteiger partial charge >= 0.3 is 17.9 Å². The normalized spacial score (nSPS) is 12.3. The molecule has 0 aliphatic heterocycles. The summed E-state index contributed by atoms with van der Waals surface area (Å²) in [6.45, 7) is 6.70. The number of unbranched alkanes of at least 4 members (excludes halogenated alkanes) is 50. The second-order valence-corrected chi connectivity index (χ2v) is 25.2. The molecule has 83 heavy (non-hydrogen) atoms. The van der Waals surface area contributed by atoms with Crippen molar-refractivity contribution < 1.29 is 28.6 Å². The number of carbonyl (C=O) groups is 3. The quantitative estimate of drug-likeness (QED) is 0.0261. The van der Waals surface area contributed by atoms with Crippen molar-refractivity contribution in [3.05, 3.63) is 48.6 Å². The summed E-state index contributed by atoms with van der Waals surface area (Å²) < 4.78 is 17.0. The van der Waals surface area contributed by atoms with Crippen LogP contribution in [0.3, 0.4) is 0 Å². The molecule has 0 aliphatic rings. The van der Waals surface area contributed by atoms with Crippen LogP contribution in [-0.2, 0) is 28.6 Å². The van der Waals surface area contributed by atoms with Gasteiger partial charge in [-0.3, -0.25) is 14.4 Å². The van der Waals surface area contributed by atoms with Gasteiger partial charge in [0.25, 0.3) is 0 Å². The molecule has 0 bridgehead atoms. The third-order valence-electron chi connectivity index (χ3n) is 16.8. The Balaban J connectivity index is 4.33. The standard InChI is InChI=1S/C77H142O6/c1-4-7-10-13-16-19-22-25-28-31-34-36-38-40-43-46-49-52-55-58-61-64-67-70-76(79)82-73-74(72-81-75(78)69-66-63-60-57-54-51-48-45-42-33-30-27-24-21-18-15-12-9-6-3)83-77(80)71-68-65-62-59-56-53-50-47-44-41-39-37-35-32-29-26-23-20-17-14-11-8-5-2/h22,25,27,30-31,34,38,40,74H,4-21,23-24,26,28-29,32-33,35-37,39,41-73H2,1-3H3/b25-22-,30-27-,34-31-,40-38-. The summed E-state index contributed by atoms with van der Waals surface area (Å²) in [6, 6.07) is 0. The Hall–Kier alpha value is -2.63. The molecule has 1 atom stereocenters. The molecule has 0 saturated carbocycles. The number of ether oxygens (including phenoxy) is 3. The fraction of sp³-hybridized carbons (Fsp3) is 0.857. The van der Waals surface area contributed by atoms with Gasteiger partial charge in [0.15, 0.2) is 6.10 Å². The molecule has 0 spiro atoms. The average Bonchev–Trinajstić information content (AvgIpc) is 3.49. The molecule has 1 unspecified atom stereocenters. The topological polar surface area (TPSA) is 78.9 Å². The predicted octanol–water partition coefficient (Wildman–Crippen LogP) is 25.7. The minimum absolute atomic E-state index is 0.0722. The molecule has 0 amide bonds. The highest BCUT2D eigenvalue weighted by Crippen LogP contribution is 2.19. The lowest BCUT2D eigenvalue weighted by atomic mass is 10.0. The van der Waals surface area contributed by atoms with Gasteiger partial charge in [0, 0.05) is 19.3 Å². The Labute approximate surface area is 518 Å². The minimum atomic E-state index is -0.777. The molecule has 6 nitrogen and oxygen atoms in total. The van der Waals surface area contributed by atoms with Gasteiger partial charge in [0.2, 0.25) is 0 Å². The molecule has 0 radical (unpaired) electrons. The van der Waals surface area contributed by atoms with E-state index in [-0.39, 0.29) is 31.1 Å². The van der Waals surface area contributed by atoms with Crippen molar-refractivity contribution in [2.75, 3.05) is 13.2 Å². The zero-order valence-electron chi connectivity index (χ0n) is 56.0. The smallest absolute Gasteiger partial charge is 0.306 e. The molecule has 0 aromatic rings. The summed E-state index contributed by atoms with van der Waals surface area (Å²) in [7, 11) is 0. The van der Waals surface area contributed by atoms with E-state index in [2.05, 4.69) is 69.4 Å². The first kappa shape index (κ1) is 80.4. The Bertz CT molecular complexity index is 1430. The van der Waals surface area contributed by atoms with E-state index in [0.717, 1.165) is 77.0 Å². The van der Waals surface area contributed by atoms with Crippen molar-refractivity contribution in [1.82, 2.24) is 0 Å². The predicted molar refractivity (Wildman–Crippen MR) is 362 cm³/mol. The molecule has 0 saturated heterocycles. The molecule has 0 aromatic heterocycles. The number of hydrogen-bond acceptors (Lipinski definition) is 6. The van der Waals surface area contributed by atoms with Crippen LogP contribution in [0.25, 0.3) is 0 Å². The van der Waals surface area contributed by atoms with Crippen molar-refractivity contribution in [1.29, 1.82) is 0 Å². The van der Waals surface area contributed by atoms with Gasteiger partial charge < -0.3 is 14.2 Å². The zero-order valence-corrected chi connectivity index (χ0v) is 56.0. The number of esters is 3. The maximum atomic E-state index is 13.0. The lowest BCUT2D eigenvalue weighted by Crippen LogP contribution is -2.30. The monoisotopic (exact) mass is 1160 g/mol. The Morgan fingerprint density at radius 3 is 0.687 bits per heavy atom. The van der Waals surface area contributed by atoms with E-state index in [1.807, 2.05) is 0 Å². The van der Waals surface area contributed by atoms with Crippen molar-refractivity contribution in [3.63, 3.8) is 0 Å². The first-order valence-corrected chi connectivity index (χ1v) is 37.1. The number of rotatable bonds is 69. The zero-order chi connectivity index (χ0) is 59.9. The van der Waals surface area contributed by atoms with Gasteiger partial charge in [-0.2, -0.15) is 0 Å². The van der Waals surface area contributed by atoms with Crippen LogP contribution < -0.4 is 0 Å². The Morgan fingerprint density at radius 1 is 0.241 bits per heavy atom.